The number of aromatic nitrogens is 2. The number of hydrogen-bond donors (Lipinski definition) is 0. The molecule has 24 heavy (non-hydrogen) atoms. The molecule has 140 valence electrons. The van der Waals surface area contributed by atoms with Gasteiger partial charge >= 0.3 is 10.7 Å². The van der Waals surface area contributed by atoms with Gasteiger partial charge in [-0.1, -0.05) is 0 Å². The number of thioether (sulfide) groups is 1. The molecular formula is C13H21F3N2O4S2. The Kier molecular flexibility index (Phi) is 8.46. The maximum atomic E-state index is 11.1. The van der Waals surface area contributed by atoms with Gasteiger partial charge in [0.2, 0.25) is 0 Å². The second kappa shape index (κ2) is 8.86. The lowest BCUT2D eigenvalue weighted by Crippen LogP contribution is -2.37. The zero-order valence-corrected chi connectivity index (χ0v) is 15.6. The third kappa shape index (κ3) is 7.22. The summed E-state index contributed by atoms with van der Waals surface area (Å²) in [6.07, 6.45) is 4.18. The molecule has 0 radical (unpaired) electrons. The number of nitrogens with zero attached hydrogens (tertiary/aromatic N) is 2. The standard InChI is InChI=1S/C12H21N2OS.CHF3O3S/c1-9(2)13-6-7-14(10(3)4)12(13)16-8-11(5)15;2-1(3,4)8(5,6)7/h6-7,9-10H,8H2,1-5H3;(H,5,6,7)/q+1;/p-1. The number of Topliss-reactive ketones (excluding diaryl/α,β-unsaturated/α-hetero) is 1. The van der Waals surface area contributed by atoms with Gasteiger partial charge in [-0.15, -0.1) is 0 Å². The number of halogens is 3. The number of imidazole rings is 1. The van der Waals surface area contributed by atoms with Gasteiger partial charge in [0.1, 0.15) is 18.2 Å². The van der Waals surface area contributed by atoms with Crippen molar-refractivity contribution in [3.05, 3.63) is 12.4 Å². The lowest BCUT2D eigenvalue weighted by atomic mass is 10.4. The van der Waals surface area contributed by atoms with E-state index in [1.807, 2.05) is 0 Å². The zero-order valence-electron chi connectivity index (χ0n) is 14.0. The van der Waals surface area contributed by atoms with Crippen LogP contribution in [0, 0.1) is 0 Å². The highest BCUT2D eigenvalue weighted by molar-refractivity contribution is 7.99. The first-order valence-electron chi connectivity index (χ1n) is 6.94. The van der Waals surface area contributed by atoms with Gasteiger partial charge in [0.15, 0.2) is 10.1 Å². The van der Waals surface area contributed by atoms with E-state index in [9.17, 15) is 18.0 Å². The van der Waals surface area contributed by atoms with Crippen LogP contribution in [0.2, 0.25) is 0 Å². The van der Waals surface area contributed by atoms with Gasteiger partial charge < -0.3 is 4.55 Å². The fourth-order valence-electron chi connectivity index (χ4n) is 1.51. The Morgan fingerprint density at radius 3 is 2.08 bits per heavy atom. The molecule has 0 fully saturated rings. The monoisotopic (exact) mass is 390 g/mol. The second-order valence-corrected chi connectivity index (χ2v) is 7.79. The van der Waals surface area contributed by atoms with Crippen molar-refractivity contribution in [3.8, 4) is 0 Å². The van der Waals surface area contributed by atoms with E-state index in [-0.39, 0.29) is 5.78 Å². The largest absolute Gasteiger partial charge is 0.741 e. The molecule has 1 rings (SSSR count). The molecule has 0 aliphatic carbocycles. The smallest absolute Gasteiger partial charge is 0.485 e. The van der Waals surface area contributed by atoms with Crippen LogP contribution in [0.25, 0.3) is 0 Å². The molecule has 0 bridgehead atoms. The molecule has 0 aliphatic heterocycles. The second-order valence-electron chi connectivity index (χ2n) is 5.47. The molecule has 0 spiro atoms. The van der Waals surface area contributed by atoms with E-state index >= 15 is 0 Å². The average Bonchev–Trinajstić information content (AvgIpc) is 2.78. The number of rotatable bonds is 5. The Bertz CT molecular complexity index is 627. The molecule has 1 heterocycles. The Morgan fingerprint density at radius 1 is 1.33 bits per heavy atom. The van der Waals surface area contributed by atoms with Gasteiger partial charge in [-0.2, -0.15) is 13.2 Å². The summed E-state index contributed by atoms with van der Waals surface area (Å²) in [5.74, 6) is 0.764. The summed E-state index contributed by atoms with van der Waals surface area (Å²) < 4.78 is 63.3. The first kappa shape index (κ1) is 22.9. The molecule has 1 aromatic rings. The summed E-state index contributed by atoms with van der Waals surface area (Å²) in [4.78, 5) is 11.1. The van der Waals surface area contributed by atoms with Crippen LogP contribution in [-0.4, -0.2) is 34.6 Å². The van der Waals surface area contributed by atoms with Crippen LogP contribution in [0.3, 0.4) is 0 Å². The molecule has 0 saturated heterocycles. The summed E-state index contributed by atoms with van der Waals surface area (Å²) in [5, 5.41) is 1.17. The van der Waals surface area contributed by atoms with Gasteiger partial charge in [-0.25, -0.2) is 17.6 Å². The summed E-state index contributed by atoms with van der Waals surface area (Å²) in [6, 6.07) is 0.851. The van der Waals surface area contributed by atoms with E-state index in [1.54, 1.807) is 18.7 Å². The van der Waals surface area contributed by atoms with Crippen LogP contribution in [0.15, 0.2) is 17.6 Å². The van der Waals surface area contributed by atoms with Crippen molar-refractivity contribution >= 4 is 27.7 Å². The van der Waals surface area contributed by atoms with E-state index < -0.39 is 15.6 Å². The SMILES string of the molecule is CC(=O)CSc1n(C(C)C)cc[n+]1C(C)C.O=S(=O)([O-])C(F)(F)F. The fourth-order valence-corrected chi connectivity index (χ4v) is 2.68. The number of carbonyl (C=O) groups is 1. The molecule has 0 aromatic carbocycles. The predicted molar refractivity (Wildman–Crippen MR) is 82.6 cm³/mol. The summed E-state index contributed by atoms with van der Waals surface area (Å²) >= 11 is 1.62. The van der Waals surface area contributed by atoms with Crippen molar-refractivity contribution < 1.29 is 35.5 Å². The first-order valence-corrected chi connectivity index (χ1v) is 9.34. The van der Waals surface area contributed by atoms with Crippen molar-refractivity contribution in [1.29, 1.82) is 0 Å². The highest BCUT2D eigenvalue weighted by Gasteiger charge is 2.36. The molecule has 0 atom stereocenters. The Hall–Kier alpha value is -1.07. The summed E-state index contributed by atoms with van der Waals surface area (Å²) in [7, 11) is -6.09. The summed E-state index contributed by atoms with van der Waals surface area (Å²) in [6.45, 7) is 10.3. The molecule has 0 aliphatic rings. The lowest BCUT2D eigenvalue weighted by Gasteiger charge is -2.08. The van der Waals surface area contributed by atoms with Crippen LogP contribution >= 0.6 is 11.8 Å². The van der Waals surface area contributed by atoms with Gasteiger partial charge in [0, 0.05) is 0 Å². The van der Waals surface area contributed by atoms with Gasteiger partial charge in [0.25, 0.3) is 0 Å². The van der Waals surface area contributed by atoms with Crippen molar-refractivity contribution in [2.75, 3.05) is 5.75 Å². The minimum absolute atomic E-state index is 0.219. The molecule has 0 amide bonds. The molecule has 6 nitrogen and oxygen atoms in total. The van der Waals surface area contributed by atoms with Crippen molar-refractivity contribution in [2.24, 2.45) is 0 Å². The quantitative estimate of drug-likeness (QED) is 0.334. The molecule has 0 unspecified atom stereocenters. The lowest BCUT2D eigenvalue weighted by molar-refractivity contribution is -0.751. The maximum absolute atomic E-state index is 11.1. The van der Waals surface area contributed by atoms with Crippen molar-refractivity contribution in [1.82, 2.24) is 4.57 Å². The van der Waals surface area contributed by atoms with Crippen LogP contribution in [-0.2, 0) is 14.9 Å². The van der Waals surface area contributed by atoms with E-state index in [1.165, 1.54) is 5.16 Å². The van der Waals surface area contributed by atoms with E-state index in [2.05, 4.69) is 49.2 Å². The van der Waals surface area contributed by atoms with Gasteiger partial charge in [0.05, 0.1) is 17.8 Å². The minimum atomic E-state index is -6.09. The van der Waals surface area contributed by atoms with Crippen LogP contribution < -0.4 is 4.57 Å². The number of carbonyl (C=O) groups excluding carboxylic acids is 1. The van der Waals surface area contributed by atoms with E-state index in [0.717, 1.165) is 0 Å². The van der Waals surface area contributed by atoms with E-state index in [0.29, 0.717) is 17.8 Å². The first-order chi connectivity index (χ1) is 10.7. The van der Waals surface area contributed by atoms with Crippen LogP contribution in [0.4, 0.5) is 13.2 Å². The molecule has 0 saturated carbocycles. The molecule has 1 aromatic heterocycles. The van der Waals surface area contributed by atoms with Crippen LogP contribution in [0.1, 0.15) is 46.7 Å². The van der Waals surface area contributed by atoms with Gasteiger partial charge in [-0.3, -0.25) is 4.79 Å². The summed E-state index contributed by atoms with van der Waals surface area (Å²) in [5.41, 5.74) is -5.65. The maximum Gasteiger partial charge on any atom is 0.485 e. The normalized spacial score (nSPS) is 12.3. The van der Waals surface area contributed by atoms with Crippen LogP contribution in [0.5, 0.6) is 0 Å². The zero-order chi connectivity index (χ0) is 19.3. The topological polar surface area (TPSA) is 83.1 Å². The van der Waals surface area contributed by atoms with E-state index in [4.69, 9.17) is 13.0 Å². The number of ketones is 1. The highest BCUT2D eigenvalue weighted by Crippen LogP contribution is 2.21. The third-order valence-electron chi connectivity index (χ3n) is 2.63. The van der Waals surface area contributed by atoms with Crippen molar-refractivity contribution in [3.63, 3.8) is 0 Å². The van der Waals surface area contributed by atoms with Crippen molar-refractivity contribution in [2.45, 2.75) is 57.4 Å². The molecule has 0 N–H and O–H groups in total. The third-order valence-corrected chi connectivity index (χ3v) is 4.43. The Morgan fingerprint density at radius 2 is 1.79 bits per heavy atom. The average molecular weight is 390 g/mol. The molecule has 11 heteroatoms. The predicted octanol–water partition coefficient (Wildman–Crippen LogP) is 2.67. The Balaban J connectivity index is 0.000000561. The Labute approximate surface area is 143 Å². The molecular weight excluding hydrogens is 369 g/mol. The van der Waals surface area contributed by atoms with Gasteiger partial charge in [-0.05, 0) is 46.4 Å². The minimum Gasteiger partial charge on any atom is -0.741 e. The number of hydrogen-bond acceptors (Lipinski definition) is 5. The number of alkyl halides is 3. The highest BCUT2D eigenvalue weighted by atomic mass is 32.2. The fraction of sp³-hybridized carbons (Fsp3) is 0.692.